The number of benzene rings is 1. The molecule has 0 atom stereocenters. The first-order valence-electron chi connectivity index (χ1n) is 6.42. The van der Waals surface area contributed by atoms with Crippen molar-refractivity contribution >= 4 is 11.3 Å². The molecule has 0 aliphatic carbocycles. The second kappa shape index (κ2) is 5.55. The number of nitro benzene ring substituents is 1. The average Bonchev–Trinajstić information content (AvgIpc) is 2.91. The third kappa shape index (κ3) is 2.34. The van der Waals surface area contributed by atoms with Gasteiger partial charge in [-0.05, 0) is 17.7 Å². The minimum absolute atomic E-state index is 0.00992. The fourth-order valence-electron chi connectivity index (χ4n) is 2.29. The van der Waals surface area contributed by atoms with E-state index in [2.05, 4.69) is 15.0 Å². The topological polar surface area (TPSA) is 109 Å². The van der Waals surface area contributed by atoms with E-state index in [9.17, 15) is 10.1 Å². The van der Waals surface area contributed by atoms with Crippen molar-refractivity contribution in [3.63, 3.8) is 0 Å². The zero-order valence-corrected chi connectivity index (χ0v) is 11.3. The van der Waals surface area contributed by atoms with Gasteiger partial charge in [-0.15, -0.1) is 0 Å². The summed E-state index contributed by atoms with van der Waals surface area (Å²) in [4.78, 5) is 17.7. The van der Waals surface area contributed by atoms with E-state index in [0.717, 1.165) is 0 Å². The third-order valence-corrected chi connectivity index (χ3v) is 3.24. The van der Waals surface area contributed by atoms with Crippen molar-refractivity contribution in [3.05, 3.63) is 74.9 Å². The Balaban J connectivity index is 2.23. The van der Waals surface area contributed by atoms with Crippen LogP contribution >= 0.6 is 0 Å². The lowest BCUT2D eigenvalue weighted by Crippen LogP contribution is -1.93. The molecule has 0 unspecified atom stereocenters. The van der Waals surface area contributed by atoms with Gasteiger partial charge >= 0.3 is 0 Å². The number of aromatic nitrogens is 2. The van der Waals surface area contributed by atoms with E-state index in [1.165, 1.54) is 12.1 Å². The highest BCUT2D eigenvalue weighted by molar-refractivity contribution is 5.68. The van der Waals surface area contributed by atoms with E-state index in [-0.39, 0.29) is 12.2 Å². The van der Waals surface area contributed by atoms with Crippen LogP contribution in [0.4, 0.5) is 5.69 Å². The molecule has 0 radical (unpaired) electrons. The van der Waals surface area contributed by atoms with Gasteiger partial charge in [-0.25, -0.2) is 4.98 Å². The molecule has 8 heteroatoms. The normalized spacial score (nSPS) is 10.4. The molecule has 0 saturated heterocycles. The first-order chi connectivity index (χ1) is 10.7. The molecule has 22 heavy (non-hydrogen) atoms. The summed E-state index contributed by atoms with van der Waals surface area (Å²) in [6, 6.07) is 11.7. The number of pyridine rings is 1. The Bertz CT molecular complexity index is 911. The standard InChI is InChI=1S/C14H10N6O2/c15-18-16-9-12-14(17-13-6-1-2-7-19(12)13)10-4-3-5-11(8-10)20(21)22/h1-8H,9H2. The smallest absolute Gasteiger partial charge is 0.270 e. The first kappa shape index (κ1) is 13.6. The molecule has 0 saturated carbocycles. The molecular formula is C14H10N6O2. The fraction of sp³-hybridized carbons (Fsp3) is 0.0714. The zero-order valence-electron chi connectivity index (χ0n) is 11.3. The zero-order chi connectivity index (χ0) is 15.5. The SMILES string of the molecule is [N-]=[N+]=NCc1c(-c2cccc([N+](=O)[O-])c2)nc2ccccn12. The van der Waals surface area contributed by atoms with Crippen molar-refractivity contribution in [3.8, 4) is 11.3 Å². The van der Waals surface area contributed by atoms with Crippen molar-refractivity contribution in [1.82, 2.24) is 9.38 Å². The van der Waals surface area contributed by atoms with Crippen molar-refractivity contribution in [2.75, 3.05) is 0 Å². The number of imidazole rings is 1. The van der Waals surface area contributed by atoms with Crippen LogP contribution in [0.25, 0.3) is 27.3 Å². The summed E-state index contributed by atoms with van der Waals surface area (Å²) in [6.07, 6.45) is 1.81. The van der Waals surface area contributed by atoms with Gasteiger partial charge in [0, 0.05) is 28.8 Å². The molecule has 0 spiro atoms. The highest BCUT2D eigenvalue weighted by Gasteiger charge is 2.15. The van der Waals surface area contributed by atoms with Gasteiger partial charge in [-0.1, -0.05) is 23.3 Å². The maximum absolute atomic E-state index is 10.9. The molecule has 0 N–H and O–H groups in total. The van der Waals surface area contributed by atoms with Crippen molar-refractivity contribution in [2.24, 2.45) is 5.11 Å². The molecule has 2 aromatic heterocycles. The van der Waals surface area contributed by atoms with E-state index in [1.54, 1.807) is 12.1 Å². The summed E-state index contributed by atoms with van der Waals surface area (Å²) >= 11 is 0. The Morgan fingerprint density at radius 2 is 2.18 bits per heavy atom. The second-order valence-corrected chi connectivity index (χ2v) is 4.53. The summed E-state index contributed by atoms with van der Waals surface area (Å²) in [6.45, 7) is 0.111. The fourth-order valence-corrected chi connectivity index (χ4v) is 2.29. The van der Waals surface area contributed by atoms with Crippen LogP contribution in [0.15, 0.2) is 53.8 Å². The van der Waals surface area contributed by atoms with Crippen LogP contribution < -0.4 is 0 Å². The Morgan fingerprint density at radius 3 is 2.95 bits per heavy atom. The molecule has 2 heterocycles. The number of non-ortho nitro benzene ring substituents is 1. The molecule has 1 aromatic carbocycles. The lowest BCUT2D eigenvalue weighted by Gasteiger charge is -2.02. The second-order valence-electron chi connectivity index (χ2n) is 4.53. The van der Waals surface area contributed by atoms with Crippen LogP contribution in [-0.4, -0.2) is 14.3 Å². The van der Waals surface area contributed by atoms with Crippen LogP contribution in [-0.2, 0) is 6.54 Å². The summed E-state index contributed by atoms with van der Waals surface area (Å²) in [5, 5.41) is 14.5. The Morgan fingerprint density at radius 1 is 1.32 bits per heavy atom. The lowest BCUT2D eigenvalue weighted by atomic mass is 10.1. The first-order valence-corrected chi connectivity index (χ1v) is 6.42. The number of rotatable bonds is 4. The third-order valence-electron chi connectivity index (χ3n) is 3.24. The van der Waals surface area contributed by atoms with Gasteiger partial charge in [-0.2, -0.15) is 0 Å². The number of fused-ring (bicyclic) bond motifs is 1. The largest absolute Gasteiger partial charge is 0.303 e. The monoisotopic (exact) mass is 294 g/mol. The van der Waals surface area contributed by atoms with Gasteiger partial charge in [0.1, 0.15) is 5.65 Å². The molecule has 3 rings (SSSR count). The molecule has 0 aliphatic rings. The number of nitrogens with zero attached hydrogens (tertiary/aromatic N) is 6. The lowest BCUT2D eigenvalue weighted by molar-refractivity contribution is -0.384. The number of azide groups is 1. The van der Waals surface area contributed by atoms with Gasteiger partial charge in [0.25, 0.3) is 5.69 Å². The maximum Gasteiger partial charge on any atom is 0.270 e. The number of hydrogen-bond donors (Lipinski definition) is 0. The van der Waals surface area contributed by atoms with Gasteiger partial charge in [0.15, 0.2) is 0 Å². The molecule has 3 aromatic rings. The van der Waals surface area contributed by atoms with Gasteiger partial charge < -0.3 is 4.40 Å². The van der Waals surface area contributed by atoms with Crippen molar-refractivity contribution in [1.29, 1.82) is 0 Å². The maximum atomic E-state index is 10.9. The Labute approximate surface area is 124 Å². The van der Waals surface area contributed by atoms with E-state index in [4.69, 9.17) is 5.53 Å². The van der Waals surface area contributed by atoms with Crippen LogP contribution in [0.1, 0.15) is 5.69 Å². The highest BCUT2D eigenvalue weighted by Crippen LogP contribution is 2.27. The average molecular weight is 294 g/mol. The molecule has 0 amide bonds. The minimum atomic E-state index is -0.452. The van der Waals surface area contributed by atoms with Crippen molar-refractivity contribution < 1.29 is 4.92 Å². The van der Waals surface area contributed by atoms with Crippen molar-refractivity contribution in [2.45, 2.75) is 6.54 Å². The molecule has 0 bridgehead atoms. The van der Waals surface area contributed by atoms with Crippen LogP contribution in [0.5, 0.6) is 0 Å². The van der Waals surface area contributed by atoms with Gasteiger partial charge in [-0.3, -0.25) is 10.1 Å². The van der Waals surface area contributed by atoms with E-state index in [1.807, 2.05) is 28.8 Å². The highest BCUT2D eigenvalue weighted by atomic mass is 16.6. The van der Waals surface area contributed by atoms with Crippen LogP contribution in [0.3, 0.4) is 0 Å². The predicted molar refractivity (Wildman–Crippen MR) is 80.1 cm³/mol. The molecular weight excluding hydrogens is 284 g/mol. The molecule has 0 fully saturated rings. The summed E-state index contributed by atoms with van der Waals surface area (Å²) in [7, 11) is 0. The van der Waals surface area contributed by atoms with Gasteiger partial charge in [0.2, 0.25) is 0 Å². The molecule has 8 nitrogen and oxygen atoms in total. The summed E-state index contributed by atoms with van der Waals surface area (Å²) in [5.41, 5.74) is 11.1. The van der Waals surface area contributed by atoms with E-state index < -0.39 is 4.92 Å². The number of hydrogen-bond acceptors (Lipinski definition) is 4. The minimum Gasteiger partial charge on any atom is -0.303 e. The Hall–Kier alpha value is -3.38. The summed E-state index contributed by atoms with van der Waals surface area (Å²) in [5.74, 6) is 0. The molecule has 0 aliphatic heterocycles. The van der Waals surface area contributed by atoms with Crippen LogP contribution in [0.2, 0.25) is 0 Å². The number of nitro groups is 1. The predicted octanol–water partition coefficient (Wildman–Crippen LogP) is 3.72. The summed E-state index contributed by atoms with van der Waals surface area (Å²) < 4.78 is 1.81. The van der Waals surface area contributed by atoms with E-state index >= 15 is 0 Å². The quantitative estimate of drug-likeness (QED) is 0.240. The molecule has 108 valence electrons. The van der Waals surface area contributed by atoms with Crippen LogP contribution in [0, 0.1) is 10.1 Å². The Kier molecular flexibility index (Phi) is 3.43. The van der Waals surface area contributed by atoms with E-state index in [0.29, 0.717) is 22.6 Å². The van der Waals surface area contributed by atoms with Gasteiger partial charge in [0.05, 0.1) is 22.9 Å².